The Morgan fingerprint density at radius 3 is 2.53 bits per heavy atom. The monoisotopic (exact) mass is 251 g/mol. The van der Waals surface area contributed by atoms with E-state index in [2.05, 4.69) is 17.5 Å². The van der Waals surface area contributed by atoms with Gasteiger partial charge in [0.2, 0.25) is 0 Å². The topological polar surface area (TPSA) is 61.8 Å². The summed E-state index contributed by atoms with van der Waals surface area (Å²) in [6.07, 6.45) is 0. The molecule has 0 heterocycles. The van der Waals surface area contributed by atoms with Crippen molar-refractivity contribution in [2.45, 2.75) is 20.0 Å². The Labute approximate surface area is 113 Å². The SMILES string of the molecule is Cc1cccc(C#N)c1NCc1ccccc1CN. The van der Waals surface area contributed by atoms with Gasteiger partial charge in [-0.25, -0.2) is 0 Å². The first kappa shape index (κ1) is 13.1. The molecule has 0 aliphatic carbocycles. The van der Waals surface area contributed by atoms with Crippen molar-refractivity contribution in [2.75, 3.05) is 5.32 Å². The number of nitrogens with one attached hydrogen (secondary N) is 1. The van der Waals surface area contributed by atoms with E-state index in [4.69, 9.17) is 11.0 Å². The normalized spacial score (nSPS) is 9.95. The molecule has 3 N–H and O–H groups in total. The molecule has 0 atom stereocenters. The Balaban J connectivity index is 2.22. The van der Waals surface area contributed by atoms with Gasteiger partial charge < -0.3 is 11.1 Å². The first-order valence-electron chi connectivity index (χ1n) is 6.26. The molecule has 3 heteroatoms. The predicted octanol–water partition coefficient (Wildman–Crippen LogP) is 2.94. The largest absolute Gasteiger partial charge is 0.380 e. The second-order valence-electron chi connectivity index (χ2n) is 4.44. The summed E-state index contributed by atoms with van der Waals surface area (Å²) in [6, 6.07) is 16.0. The second kappa shape index (κ2) is 6.03. The summed E-state index contributed by atoms with van der Waals surface area (Å²) in [5.41, 5.74) is 10.7. The van der Waals surface area contributed by atoms with Gasteiger partial charge in [-0.1, -0.05) is 36.4 Å². The molecule has 0 bridgehead atoms. The quantitative estimate of drug-likeness (QED) is 0.878. The molecular weight excluding hydrogens is 234 g/mol. The van der Waals surface area contributed by atoms with Gasteiger partial charge in [-0.3, -0.25) is 0 Å². The van der Waals surface area contributed by atoms with Gasteiger partial charge in [-0.2, -0.15) is 5.26 Å². The lowest BCUT2D eigenvalue weighted by Crippen LogP contribution is -2.07. The summed E-state index contributed by atoms with van der Waals surface area (Å²) in [7, 11) is 0. The molecule has 0 saturated heterocycles. The summed E-state index contributed by atoms with van der Waals surface area (Å²) >= 11 is 0. The van der Waals surface area contributed by atoms with Crippen molar-refractivity contribution < 1.29 is 0 Å². The van der Waals surface area contributed by atoms with Crippen molar-refractivity contribution in [3.05, 3.63) is 64.7 Å². The van der Waals surface area contributed by atoms with E-state index < -0.39 is 0 Å². The van der Waals surface area contributed by atoms with E-state index in [-0.39, 0.29) is 0 Å². The number of rotatable bonds is 4. The molecular formula is C16H17N3. The highest BCUT2D eigenvalue weighted by Gasteiger charge is 2.06. The highest BCUT2D eigenvalue weighted by atomic mass is 14.9. The second-order valence-corrected chi connectivity index (χ2v) is 4.44. The third kappa shape index (κ3) is 2.93. The van der Waals surface area contributed by atoms with E-state index in [1.165, 1.54) is 0 Å². The minimum absolute atomic E-state index is 0.525. The van der Waals surface area contributed by atoms with Crippen molar-refractivity contribution >= 4 is 5.69 Å². The van der Waals surface area contributed by atoms with Crippen LogP contribution < -0.4 is 11.1 Å². The first-order valence-corrected chi connectivity index (χ1v) is 6.26. The van der Waals surface area contributed by atoms with Crippen LogP contribution in [0.15, 0.2) is 42.5 Å². The first-order chi connectivity index (χ1) is 9.26. The van der Waals surface area contributed by atoms with Gasteiger partial charge in [-0.15, -0.1) is 0 Å². The lowest BCUT2D eigenvalue weighted by atomic mass is 10.1. The lowest BCUT2D eigenvalue weighted by Gasteiger charge is -2.13. The van der Waals surface area contributed by atoms with Crippen LogP contribution in [0.4, 0.5) is 5.69 Å². The van der Waals surface area contributed by atoms with E-state index in [0.717, 1.165) is 22.4 Å². The smallest absolute Gasteiger partial charge is 0.101 e. The van der Waals surface area contributed by atoms with Crippen molar-refractivity contribution in [1.29, 1.82) is 5.26 Å². The number of hydrogen-bond acceptors (Lipinski definition) is 3. The fourth-order valence-corrected chi connectivity index (χ4v) is 2.11. The third-order valence-electron chi connectivity index (χ3n) is 3.19. The molecule has 0 radical (unpaired) electrons. The van der Waals surface area contributed by atoms with E-state index in [9.17, 15) is 0 Å². The molecule has 0 aliphatic rings. The van der Waals surface area contributed by atoms with Crippen LogP contribution in [-0.2, 0) is 13.1 Å². The number of para-hydroxylation sites is 1. The number of aryl methyl sites for hydroxylation is 1. The number of hydrogen-bond donors (Lipinski definition) is 2. The molecule has 0 aromatic heterocycles. The Morgan fingerprint density at radius 1 is 1.11 bits per heavy atom. The van der Waals surface area contributed by atoms with Gasteiger partial charge in [0.15, 0.2) is 0 Å². The van der Waals surface area contributed by atoms with Crippen LogP contribution in [0.5, 0.6) is 0 Å². The molecule has 96 valence electrons. The van der Waals surface area contributed by atoms with Crippen molar-refractivity contribution in [2.24, 2.45) is 5.73 Å². The third-order valence-corrected chi connectivity index (χ3v) is 3.19. The molecule has 0 unspecified atom stereocenters. The predicted molar refractivity (Wildman–Crippen MR) is 77.6 cm³/mol. The van der Waals surface area contributed by atoms with Gasteiger partial charge in [0.25, 0.3) is 0 Å². The van der Waals surface area contributed by atoms with Gasteiger partial charge in [-0.05, 0) is 29.7 Å². The van der Waals surface area contributed by atoms with Gasteiger partial charge in [0.1, 0.15) is 6.07 Å². The summed E-state index contributed by atoms with van der Waals surface area (Å²) in [5, 5.41) is 12.5. The van der Waals surface area contributed by atoms with Crippen LogP contribution in [0.2, 0.25) is 0 Å². The minimum atomic E-state index is 0.525. The maximum atomic E-state index is 9.13. The molecule has 3 nitrogen and oxygen atoms in total. The average Bonchev–Trinajstić information content (AvgIpc) is 2.46. The van der Waals surface area contributed by atoms with Crippen molar-refractivity contribution in [3.63, 3.8) is 0 Å². The van der Waals surface area contributed by atoms with Gasteiger partial charge in [0.05, 0.1) is 11.3 Å². The molecule has 0 fully saturated rings. The highest BCUT2D eigenvalue weighted by molar-refractivity contribution is 5.62. The Kier molecular flexibility index (Phi) is 4.17. The number of anilines is 1. The van der Waals surface area contributed by atoms with Crippen LogP contribution in [-0.4, -0.2) is 0 Å². The van der Waals surface area contributed by atoms with Gasteiger partial charge >= 0.3 is 0 Å². The van der Waals surface area contributed by atoms with Crippen LogP contribution >= 0.6 is 0 Å². The molecule has 2 aromatic rings. The van der Waals surface area contributed by atoms with E-state index in [1.807, 2.05) is 43.3 Å². The Hall–Kier alpha value is -2.31. The number of nitrogens with zero attached hydrogens (tertiary/aromatic N) is 1. The van der Waals surface area contributed by atoms with Crippen molar-refractivity contribution in [3.8, 4) is 6.07 Å². The van der Waals surface area contributed by atoms with Crippen LogP contribution in [0.3, 0.4) is 0 Å². The molecule has 19 heavy (non-hydrogen) atoms. The number of nitrogens with two attached hydrogens (primary N) is 1. The molecule has 2 rings (SSSR count). The van der Waals surface area contributed by atoms with Crippen LogP contribution in [0.1, 0.15) is 22.3 Å². The summed E-state index contributed by atoms with van der Waals surface area (Å²) in [4.78, 5) is 0. The molecule has 0 aliphatic heterocycles. The van der Waals surface area contributed by atoms with Gasteiger partial charge in [0, 0.05) is 13.1 Å². The van der Waals surface area contributed by atoms with Crippen molar-refractivity contribution in [1.82, 2.24) is 0 Å². The fourth-order valence-electron chi connectivity index (χ4n) is 2.11. The molecule has 0 spiro atoms. The highest BCUT2D eigenvalue weighted by Crippen LogP contribution is 2.21. The summed E-state index contributed by atoms with van der Waals surface area (Å²) in [5.74, 6) is 0. The number of nitriles is 1. The molecule has 2 aromatic carbocycles. The maximum Gasteiger partial charge on any atom is 0.101 e. The van der Waals surface area contributed by atoms with E-state index in [0.29, 0.717) is 18.7 Å². The zero-order valence-electron chi connectivity index (χ0n) is 11.0. The lowest BCUT2D eigenvalue weighted by molar-refractivity contribution is 1.01. The van der Waals surface area contributed by atoms with E-state index >= 15 is 0 Å². The summed E-state index contributed by atoms with van der Waals surface area (Å²) < 4.78 is 0. The molecule has 0 saturated carbocycles. The Bertz CT molecular complexity index is 612. The van der Waals surface area contributed by atoms with Crippen LogP contribution in [0.25, 0.3) is 0 Å². The zero-order chi connectivity index (χ0) is 13.7. The minimum Gasteiger partial charge on any atom is -0.380 e. The number of benzene rings is 2. The molecule has 0 amide bonds. The fraction of sp³-hybridized carbons (Fsp3) is 0.188. The standard InChI is InChI=1S/C16H17N3/c1-12-5-4-8-14(10-18)16(12)19-11-15-7-3-2-6-13(15)9-17/h2-8,19H,9,11,17H2,1H3. The maximum absolute atomic E-state index is 9.13. The van der Waals surface area contributed by atoms with E-state index in [1.54, 1.807) is 0 Å². The zero-order valence-corrected chi connectivity index (χ0v) is 11.0. The Morgan fingerprint density at radius 2 is 1.84 bits per heavy atom. The average molecular weight is 251 g/mol. The van der Waals surface area contributed by atoms with Crippen LogP contribution in [0, 0.1) is 18.3 Å². The summed E-state index contributed by atoms with van der Waals surface area (Å²) in [6.45, 7) is 3.20.